The molecule has 2 aromatic rings. The van der Waals surface area contributed by atoms with Crippen LogP contribution in [0.1, 0.15) is 29.5 Å². The Kier molecular flexibility index (Phi) is 5.93. The molecule has 30 heavy (non-hydrogen) atoms. The van der Waals surface area contributed by atoms with Crippen molar-refractivity contribution in [1.29, 1.82) is 0 Å². The number of piperidine rings is 1. The van der Waals surface area contributed by atoms with Crippen molar-refractivity contribution in [2.75, 3.05) is 31.5 Å². The number of benzene rings is 2. The monoisotopic (exact) mass is 406 g/mol. The summed E-state index contributed by atoms with van der Waals surface area (Å²) in [5.41, 5.74) is 4.34. The molecule has 2 heterocycles. The lowest BCUT2D eigenvalue weighted by Gasteiger charge is -2.36. The van der Waals surface area contributed by atoms with Crippen LogP contribution in [0, 0.1) is 13.8 Å². The average Bonchev–Trinajstić information content (AvgIpc) is 3.10. The van der Waals surface area contributed by atoms with Gasteiger partial charge >= 0.3 is 12.1 Å². The zero-order chi connectivity index (χ0) is 21.1. The summed E-state index contributed by atoms with van der Waals surface area (Å²) >= 11 is 0. The number of carbonyl (C=O) groups excluding carboxylic acids is 2. The fourth-order valence-corrected chi connectivity index (χ4v) is 4.31. The minimum atomic E-state index is -0.0622. The molecular formula is C24H30N4O2. The van der Waals surface area contributed by atoms with Gasteiger partial charge in [-0.2, -0.15) is 0 Å². The Bertz CT molecular complexity index is 904. The van der Waals surface area contributed by atoms with E-state index in [-0.39, 0.29) is 18.1 Å². The Morgan fingerprint density at radius 1 is 0.967 bits per heavy atom. The number of likely N-dealkylation sites (tertiary alicyclic amines) is 1. The van der Waals surface area contributed by atoms with Crippen LogP contribution in [0.15, 0.2) is 48.5 Å². The lowest BCUT2D eigenvalue weighted by molar-refractivity contribution is 0.139. The van der Waals surface area contributed by atoms with Gasteiger partial charge in [0, 0.05) is 44.5 Å². The van der Waals surface area contributed by atoms with E-state index < -0.39 is 0 Å². The predicted molar refractivity (Wildman–Crippen MR) is 118 cm³/mol. The van der Waals surface area contributed by atoms with Crippen LogP contribution in [0.5, 0.6) is 0 Å². The number of nitrogens with one attached hydrogen (secondary N) is 1. The van der Waals surface area contributed by atoms with E-state index >= 15 is 0 Å². The Hall–Kier alpha value is -3.02. The SMILES string of the molecule is Cc1ccc(CN2CCN(C3CCN(C(=O)Nc4cccc(C)c4)CC3)C2=O)cc1. The van der Waals surface area contributed by atoms with Gasteiger partial charge in [0.2, 0.25) is 0 Å². The highest BCUT2D eigenvalue weighted by Gasteiger charge is 2.35. The Labute approximate surface area is 178 Å². The van der Waals surface area contributed by atoms with E-state index in [0.717, 1.165) is 37.2 Å². The van der Waals surface area contributed by atoms with E-state index in [2.05, 4.69) is 36.5 Å². The molecule has 0 aliphatic carbocycles. The summed E-state index contributed by atoms with van der Waals surface area (Å²) in [6.07, 6.45) is 1.65. The second-order valence-corrected chi connectivity index (χ2v) is 8.40. The second kappa shape index (κ2) is 8.78. The summed E-state index contributed by atoms with van der Waals surface area (Å²) in [5, 5.41) is 2.98. The molecule has 0 spiro atoms. The summed E-state index contributed by atoms with van der Waals surface area (Å²) in [5.74, 6) is 0. The number of rotatable bonds is 4. The minimum absolute atomic E-state index is 0.0622. The summed E-state index contributed by atoms with van der Waals surface area (Å²) in [7, 11) is 0. The lowest BCUT2D eigenvalue weighted by Crippen LogP contribution is -2.49. The standard InChI is InChI=1S/C24H30N4O2/c1-18-6-8-20(9-7-18)17-27-14-15-28(24(27)30)22-10-12-26(13-11-22)23(29)25-21-5-3-4-19(2)16-21/h3-9,16,22H,10-15,17H2,1-2H3,(H,25,29). The molecule has 4 rings (SSSR count). The minimum Gasteiger partial charge on any atom is -0.324 e. The third-order valence-corrected chi connectivity index (χ3v) is 6.08. The third kappa shape index (κ3) is 4.58. The first-order valence-corrected chi connectivity index (χ1v) is 10.7. The van der Waals surface area contributed by atoms with Gasteiger partial charge in [0.15, 0.2) is 0 Å². The maximum Gasteiger partial charge on any atom is 0.321 e. The highest BCUT2D eigenvalue weighted by atomic mass is 16.2. The molecule has 0 bridgehead atoms. The quantitative estimate of drug-likeness (QED) is 0.826. The van der Waals surface area contributed by atoms with Crippen LogP contribution >= 0.6 is 0 Å². The number of hydrogen-bond acceptors (Lipinski definition) is 2. The number of urea groups is 2. The van der Waals surface area contributed by atoms with E-state index in [1.807, 2.05) is 45.9 Å². The highest BCUT2D eigenvalue weighted by Crippen LogP contribution is 2.23. The zero-order valence-corrected chi connectivity index (χ0v) is 17.8. The zero-order valence-electron chi connectivity index (χ0n) is 17.8. The number of nitrogens with zero attached hydrogens (tertiary/aromatic N) is 3. The van der Waals surface area contributed by atoms with Crippen LogP contribution in [-0.4, -0.2) is 59.0 Å². The van der Waals surface area contributed by atoms with Crippen molar-refractivity contribution in [1.82, 2.24) is 14.7 Å². The van der Waals surface area contributed by atoms with Crippen molar-refractivity contribution in [3.8, 4) is 0 Å². The Morgan fingerprint density at radius 3 is 2.40 bits per heavy atom. The van der Waals surface area contributed by atoms with Crippen molar-refractivity contribution < 1.29 is 9.59 Å². The molecule has 6 heteroatoms. The molecule has 0 radical (unpaired) electrons. The molecule has 0 aromatic heterocycles. The first-order valence-electron chi connectivity index (χ1n) is 10.7. The fourth-order valence-electron chi connectivity index (χ4n) is 4.31. The van der Waals surface area contributed by atoms with Gasteiger partial charge in [-0.15, -0.1) is 0 Å². The van der Waals surface area contributed by atoms with Crippen LogP contribution in [0.3, 0.4) is 0 Å². The van der Waals surface area contributed by atoms with Gasteiger partial charge in [-0.05, 0) is 49.9 Å². The molecule has 2 saturated heterocycles. The van der Waals surface area contributed by atoms with Crippen molar-refractivity contribution in [3.05, 3.63) is 65.2 Å². The number of anilines is 1. The molecule has 2 aromatic carbocycles. The van der Waals surface area contributed by atoms with Gasteiger partial charge in [0.1, 0.15) is 0 Å². The molecule has 0 atom stereocenters. The van der Waals surface area contributed by atoms with Gasteiger partial charge in [0.05, 0.1) is 0 Å². The Balaban J connectivity index is 1.28. The first-order chi connectivity index (χ1) is 14.5. The van der Waals surface area contributed by atoms with E-state index in [1.54, 1.807) is 0 Å². The van der Waals surface area contributed by atoms with Gasteiger partial charge in [-0.1, -0.05) is 42.0 Å². The van der Waals surface area contributed by atoms with Crippen LogP contribution in [0.4, 0.5) is 15.3 Å². The molecule has 1 N–H and O–H groups in total. The number of hydrogen-bond donors (Lipinski definition) is 1. The molecule has 0 unspecified atom stereocenters. The van der Waals surface area contributed by atoms with Crippen LogP contribution in [-0.2, 0) is 6.54 Å². The number of aryl methyl sites for hydroxylation is 2. The first kappa shape index (κ1) is 20.3. The molecular weight excluding hydrogens is 376 g/mol. The molecule has 2 fully saturated rings. The average molecular weight is 407 g/mol. The smallest absolute Gasteiger partial charge is 0.321 e. The molecule has 4 amide bonds. The van der Waals surface area contributed by atoms with Crippen molar-refractivity contribution in [2.24, 2.45) is 0 Å². The topological polar surface area (TPSA) is 55.9 Å². The highest BCUT2D eigenvalue weighted by molar-refractivity contribution is 5.89. The van der Waals surface area contributed by atoms with E-state index in [0.29, 0.717) is 19.6 Å². The van der Waals surface area contributed by atoms with Gasteiger partial charge in [0.25, 0.3) is 0 Å². The lowest BCUT2D eigenvalue weighted by atomic mass is 10.0. The molecule has 158 valence electrons. The Morgan fingerprint density at radius 2 is 1.70 bits per heavy atom. The summed E-state index contributed by atoms with van der Waals surface area (Å²) in [4.78, 5) is 31.3. The fraction of sp³-hybridized carbons (Fsp3) is 0.417. The van der Waals surface area contributed by atoms with E-state index in [4.69, 9.17) is 0 Å². The summed E-state index contributed by atoms with van der Waals surface area (Å²) < 4.78 is 0. The largest absolute Gasteiger partial charge is 0.324 e. The van der Waals surface area contributed by atoms with Crippen molar-refractivity contribution >= 4 is 17.7 Å². The second-order valence-electron chi connectivity index (χ2n) is 8.40. The van der Waals surface area contributed by atoms with Gasteiger partial charge in [-0.3, -0.25) is 0 Å². The maximum atomic E-state index is 12.9. The summed E-state index contributed by atoms with van der Waals surface area (Å²) in [6.45, 7) is 7.61. The normalized spacial score (nSPS) is 17.5. The van der Waals surface area contributed by atoms with E-state index in [1.165, 1.54) is 11.1 Å². The molecule has 6 nitrogen and oxygen atoms in total. The van der Waals surface area contributed by atoms with Gasteiger partial charge in [-0.25, -0.2) is 9.59 Å². The molecule has 2 aliphatic heterocycles. The summed E-state index contributed by atoms with van der Waals surface area (Å²) in [6, 6.07) is 16.5. The van der Waals surface area contributed by atoms with Crippen LogP contribution in [0.2, 0.25) is 0 Å². The van der Waals surface area contributed by atoms with Crippen LogP contribution < -0.4 is 5.32 Å². The van der Waals surface area contributed by atoms with Crippen molar-refractivity contribution in [2.45, 2.75) is 39.3 Å². The maximum absolute atomic E-state index is 12.9. The van der Waals surface area contributed by atoms with Crippen LogP contribution in [0.25, 0.3) is 0 Å². The third-order valence-electron chi connectivity index (χ3n) is 6.08. The van der Waals surface area contributed by atoms with E-state index in [9.17, 15) is 9.59 Å². The van der Waals surface area contributed by atoms with Gasteiger partial charge < -0.3 is 20.0 Å². The number of carbonyl (C=O) groups is 2. The molecule has 2 aliphatic rings. The number of amides is 4. The predicted octanol–water partition coefficient (Wildman–Crippen LogP) is 4.24. The molecule has 0 saturated carbocycles. The van der Waals surface area contributed by atoms with Crippen molar-refractivity contribution in [3.63, 3.8) is 0 Å².